The number of nitrogens with one attached hydrogen (secondary N) is 1. The van der Waals surface area contributed by atoms with E-state index in [0.29, 0.717) is 18.4 Å². The summed E-state index contributed by atoms with van der Waals surface area (Å²) >= 11 is 0. The Morgan fingerprint density at radius 3 is 2.05 bits per heavy atom. The van der Waals surface area contributed by atoms with Crippen LogP contribution >= 0.6 is 0 Å². The van der Waals surface area contributed by atoms with Gasteiger partial charge in [0.1, 0.15) is 0 Å². The van der Waals surface area contributed by atoms with E-state index in [1.807, 2.05) is 35.2 Å². The molecule has 0 atom stereocenters. The third kappa shape index (κ3) is 6.27. The summed E-state index contributed by atoms with van der Waals surface area (Å²) < 4.78 is 0. The Kier molecular flexibility index (Phi) is 6.40. The van der Waals surface area contributed by atoms with Crippen LogP contribution in [0, 0.1) is 11.8 Å². The Hall–Kier alpha value is -1.51. The van der Waals surface area contributed by atoms with E-state index < -0.39 is 0 Å². The molecular formula is C16H26N2O. The Balaban J connectivity index is 2.51. The second-order valence-corrected chi connectivity index (χ2v) is 5.81. The van der Waals surface area contributed by atoms with Gasteiger partial charge in [-0.25, -0.2) is 0 Å². The lowest BCUT2D eigenvalue weighted by Gasteiger charge is -2.26. The number of rotatable bonds is 7. The van der Waals surface area contributed by atoms with Gasteiger partial charge in [0, 0.05) is 18.8 Å². The highest BCUT2D eigenvalue weighted by atomic mass is 16.2. The van der Waals surface area contributed by atoms with Crippen LogP contribution in [-0.2, 0) is 4.79 Å². The third-order valence-corrected chi connectivity index (χ3v) is 2.74. The lowest BCUT2D eigenvalue weighted by Crippen LogP contribution is -2.40. The minimum Gasteiger partial charge on any atom is -0.376 e. The first-order valence-electron chi connectivity index (χ1n) is 7.05. The molecule has 0 saturated heterocycles. The molecule has 0 aliphatic heterocycles. The van der Waals surface area contributed by atoms with E-state index in [-0.39, 0.29) is 5.91 Å². The molecule has 1 aromatic rings. The zero-order valence-electron chi connectivity index (χ0n) is 12.5. The van der Waals surface area contributed by atoms with Crippen LogP contribution in [0.4, 0.5) is 5.69 Å². The number of hydrogen-bond donors (Lipinski definition) is 1. The Morgan fingerprint density at radius 2 is 1.58 bits per heavy atom. The molecule has 3 nitrogen and oxygen atoms in total. The first-order valence-corrected chi connectivity index (χ1v) is 7.05. The average Bonchev–Trinajstić information content (AvgIpc) is 2.35. The van der Waals surface area contributed by atoms with Crippen LogP contribution in [0.15, 0.2) is 30.3 Å². The van der Waals surface area contributed by atoms with Gasteiger partial charge in [-0.2, -0.15) is 0 Å². The molecule has 0 bridgehead atoms. The summed E-state index contributed by atoms with van der Waals surface area (Å²) in [5.74, 6) is 1.17. The molecule has 0 unspecified atom stereocenters. The van der Waals surface area contributed by atoms with Crippen molar-refractivity contribution >= 4 is 11.6 Å². The number of hydrogen-bond acceptors (Lipinski definition) is 2. The maximum Gasteiger partial charge on any atom is 0.241 e. The standard InChI is InChI=1S/C16H26N2O/c1-13(2)11-18(12-14(3)4)16(19)10-17-15-8-6-5-7-9-15/h5-9,13-14,17H,10-12H2,1-4H3. The second-order valence-electron chi connectivity index (χ2n) is 5.81. The normalized spacial score (nSPS) is 10.8. The van der Waals surface area contributed by atoms with E-state index in [0.717, 1.165) is 18.8 Å². The van der Waals surface area contributed by atoms with Gasteiger partial charge in [0.2, 0.25) is 5.91 Å². The fourth-order valence-corrected chi connectivity index (χ4v) is 2.01. The van der Waals surface area contributed by atoms with Crippen molar-refractivity contribution in [2.24, 2.45) is 11.8 Å². The predicted octanol–water partition coefficient (Wildman–Crippen LogP) is 3.24. The molecule has 0 spiro atoms. The van der Waals surface area contributed by atoms with Crippen molar-refractivity contribution in [2.45, 2.75) is 27.7 Å². The van der Waals surface area contributed by atoms with E-state index in [9.17, 15) is 4.79 Å². The summed E-state index contributed by atoms with van der Waals surface area (Å²) in [6, 6.07) is 9.85. The van der Waals surface area contributed by atoms with E-state index in [1.165, 1.54) is 0 Å². The van der Waals surface area contributed by atoms with Crippen LogP contribution in [0.1, 0.15) is 27.7 Å². The van der Waals surface area contributed by atoms with Gasteiger partial charge < -0.3 is 10.2 Å². The fraction of sp³-hybridized carbons (Fsp3) is 0.562. The molecule has 1 aromatic carbocycles. The molecule has 1 amide bonds. The highest BCUT2D eigenvalue weighted by molar-refractivity contribution is 5.80. The zero-order chi connectivity index (χ0) is 14.3. The van der Waals surface area contributed by atoms with Crippen molar-refractivity contribution in [3.63, 3.8) is 0 Å². The number of anilines is 1. The number of nitrogens with zero attached hydrogens (tertiary/aromatic N) is 1. The maximum atomic E-state index is 12.3. The quantitative estimate of drug-likeness (QED) is 0.818. The number of benzene rings is 1. The number of para-hydroxylation sites is 1. The summed E-state index contributed by atoms with van der Waals surface area (Å²) in [5.41, 5.74) is 0.991. The molecule has 0 saturated carbocycles. The van der Waals surface area contributed by atoms with Crippen LogP contribution in [0.5, 0.6) is 0 Å². The first-order chi connectivity index (χ1) is 8.99. The van der Waals surface area contributed by atoms with Crippen LogP contribution in [0.2, 0.25) is 0 Å². The number of carbonyl (C=O) groups is 1. The molecule has 0 aromatic heterocycles. The summed E-state index contributed by atoms with van der Waals surface area (Å²) in [6.45, 7) is 10.6. The van der Waals surface area contributed by atoms with Gasteiger partial charge in [0.15, 0.2) is 0 Å². The van der Waals surface area contributed by atoms with Gasteiger partial charge in [0.25, 0.3) is 0 Å². The maximum absolute atomic E-state index is 12.3. The van der Waals surface area contributed by atoms with Crippen molar-refractivity contribution in [1.29, 1.82) is 0 Å². The topological polar surface area (TPSA) is 32.3 Å². The molecule has 3 heteroatoms. The molecule has 0 aliphatic rings. The van der Waals surface area contributed by atoms with Crippen LogP contribution < -0.4 is 5.32 Å². The third-order valence-electron chi connectivity index (χ3n) is 2.74. The molecule has 106 valence electrons. The van der Waals surface area contributed by atoms with E-state index >= 15 is 0 Å². The molecule has 19 heavy (non-hydrogen) atoms. The first kappa shape index (κ1) is 15.5. The van der Waals surface area contributed by atoms with Crippen LogP contribution in [0.3, 0.4) is 0 Å². The lowest BCUT2D eigenvalue weighted by atomic mass is 10.1. The fourth-order valence-electron chi connectivity index (χ4n) is 2.01. The predicted molar refractivity (Wildman–Crippen MR) is 81.2 cm³/mol. The van der Waals surface area contributed by atoms with Gasteiger partial charge in [-0.1, -0.05) is 45.9 Å². The van der Waals surface area contributed by atoms with Crippen molar-refractivity contribution in [3.05, 3.63) is 30.3 Å². The largest absolute Gasteiger partial charge is 0.376 e. The summed E-state index contributed by atoms with van der Waals surface area (Å²) in [5, 5.41) is 3.18. The Bertz CT molecular complexity index is 364. The van der Waals surface area contributed by atoms with Gasteiger partial charge in [-0.05, 0) is 24.0 Å². The van der Waals surface area contributed by atoms with E-state index in [1.54, 1.807) is 0 Å². The Labute approximate surface area is 117 Å². The lowest BCUT2D eigenvalue weighted by molar-refractivity contribution is -0.130. The minimum absolute atomic E-state index is 0.172. The van der Waals surface area contributed by atoms with Crippen LogP contribution in [-0.4, -0.2) is 30.4 Å². The number of carbonyl (C=O) groups excluding carboxylic acids is 1. The van der Waals surface area contributed by atoms with Crippen molar-refractivity contribution in [2.75, 3.05) is 25.0 Å². The van der Waals surface area contributed by atoms with Gasteiger partial charge in [-0.3, -0.25) is 4.79 Å². The summed E-state index contributed by atoms with van der Waals surface area (Å²) in [7, 11) is 0. The molecule has 0 fully saturated rings. The second kappa shape index (κ2) is 7.82. The highest BCUT2D eigenvalue weighted by Gasteiger charge is 2.15. The van der Waals surface area contributed by atoms with E-state index in [2.05, 4.69) is 33.0 Å². The Morgan fingerprint density at radius 1 is 1.05 bits per heavy atom. The molecule has 1 rings (SSSR count). The molecule has 0 radical (unpaired) electrons. The van der Waals surface area contributed by atoms with Gasteiger partial charge in [-0.15, -0.1) is 0 Å². The highest BCUT2D eigenvalue weighted by Crippen LogP contribution is 2.07. The molecule has 1 N–H and O–H groups in total. The smallest absolute Gasteiger partial charge is 0.241 e. The minimum atomic E-state index is 0.172. The summed E-state index contributed by atoms with van der Waals surface area (Å²) in [6.07, 6.45) is 0. The van der Waals surface area contributed by atoms with Crippen molar-refractivity contribution in [3.8, 4) is 0 Å². The van der Waals surface area contributed by atoms with Crippen molar-refractivity contribution < 1.29 is 4.79 Å². The van der Waals surface area contributed by atoms with Gasteiger partial charge in [0.05, 0.1) is 6.54 Å². The monoisotopic (exact) mass is 262 g/mol. The molecule has 0 heterocycles. The molecule has 0 aliphatic carbocycles. The zero-order valence-corrected chi connectivity index (χ0v) is 12.5. The SMILES string of the molecule is CC(C)CN(CC(C)C)C(=O)CNc1ccccc1. The van der Waals surface area contributed by atoms with Crippen LogP contribution in [0.25, 0.3) is 0 Å². The average molecular weight is 262 g/mol. The summed E-state index contributed by atoms with van der Waals surface area (Å²) in [4.78, 5) is 14.2. The van der Waals surface area contributed by atoms with Gasteiger partial charge >= 0.3 is 0 Å². The van der Waals surface area contributed by atoms with E-state index in [4.69, 9.17) is 0 Å². The van der Waals surface area contributed by atoms with Crippen molar-refractivity contribution in [1.82, 2.24) is 4.90 Å². The molecular weight excluding hydrogens is 236 g/mol. The number of amides is 1.